The summed E-state index contributed by atoms with van der Waals surface area (Å²) in [6.45, 7) is 6.40. The number of nitrogens with zero attached hydrogens (tertiary/aromatic N) is 4. The van der Waals surface area contributed by atoms with E-state index in [1.165, 1.54) is 4.31 Å². The molecule has 1 aromatic heterocycles. The van der Waals surface area contributed by atoms with E-state index in [-0.39, 0.29) is 29.7 Å². The topological polar surface area (TPSA) is 120 Å². The van der Waals surface area contributed by atoms with Gasteiger partial charge in [-0.1, -0.05) is 5.16 Å². The molecule has 1 atom stereocenters. The van der Waals surface area contributed by atoms with Crippen LogP contribution in [0.25, 0.3) is 0 Å². The molecule has 0 saturated carbocycles. The molecule has 1 N–H and O–H groups in total. The Balaban J connectivity index is 1.61. The summed E-state index contributed by atoms with van der Waals surface area (Å²) in [5.74, 6) is 0.0943. The van der Waals surface area contributed by atoms with Gasteiger partial charge in [-0.05, 0) is 45.0 Å². The van der Waals surface area contributed by atoms with E-state index in [1.54, 1.807) is 45.0 Å². The highest BCUT2D eigenvalue weighted by molar-refractivity contribution is 7.89. The molecule has 3 rings (SSSR count). The van der Waals surface area contributed by atoms with Gasteiger partial charge in [-0.15, -0.1) is 0 Å². The summed E-state index contributed by atoms with van der Waals surface area (Å²) in [5.41, 5.74) is 1.48. The summed E-state index contributed by atoms with van der Waals surface area (Å²) in [6.07, 6.45) is 0. The lowest BCUT2D eigenvalue weighted by atomic mass is 10.2. The Hall–Kier alpha value is -2.74. The van der Waals surface area contributed by atoms with Gasteiger partial charge in [-0.2, -0.15) is 9.57 Å². The molecule has 2 heterocycles. The maximum absolute atomic E-state index is 12.9. The first-order chi connectivity index (χ1) is 13.7. The Morgan fingerprint density at radius 3 is 2.34 bits per heavy atom. The van der Waals surface area contributed by atoms with Crippen LogP contribution in [0, 0.1) is 25.2 Å². The minimum absolute atomic E-state index is 0.123. The second-order valence-corrected chi connectivity index (χ2v) is 8.82. The Morgan fingerprint density at radius 2 is 1.83 bits per heavy atom. The van der Waals surface area contributed by atoms with E-state index in [4.69, 9.17) is 9.78 Å². The molecule has 1 fully saturated rings. The number of hydrogen-bond donors (Lipinski definition) is 1. The Labute approximate surface area is 169 Å². The summed E-state index contributed by atoms with van der Waals surface area (Å²) in [7, 11) is -3.68. The van der Waals surface area contributed by atoms with Crippen LogP contribution in [0.1, 0.15) is 23.9 Å². The number of aromatic nitrogens is 1. The fraction of sp³-hybridized carbons (Fsp3) is 0.421. The van der Waals surface area contributed by atoms with Crippen LogP contribution in [0.5, 0.6) is 0 Å². The Morgan fingerprint density at radius 1 is 1.21 bits per heavy atom. The number of carbonyl (C=O) groups excluding carboxylic acids is 1. The van der Waals surface area contributed by atoms with Crippen molar-refractivity contribution in [3.63, 3.8) is 0 Å². The average Bonchev–Trinajstić information content (AvgIpc) is 3.06. The monoisotopic (exact) mass is 417 g/mol. The molecule has 0 spiro atoms. The quantitative estimate of drug-likeness (QED) is 0.783. The summed E-state index contributed by atoms with van der Waals surface area (Å²) in [4.78, 5) is 14.6. The number of benzene rings is 1. The molecule has 1 aromatic carbocycles. The summed E-state index contributed by atoms with van der Waals surface area (Å²) >= 11 is 0. The largest absolute Gasteiger partial charge is 0.360 e. The molecule has 9 nitrogen and oxygen atoms in total. The molecular weight excluding hydrogens is 394 g/mol. The number of anilines is 1. The number of piperazine rings is 1. The van der Waals surface area contributed by atoms with Crippen molar-refractivity contribution >= 4 is 21.6 Å². The highest BCUT2D eigenvalue weighted by Gasteiger charge is 2.35. The van der Waals surface area contributed by atoms with Crippen LogP contribution in [-0.4, -0.2) is 60.9 Å². The number of aryl methyl sites for hydroxylation is 2. The van der Waals surface area contributed by atoms with Crippen molar-refractivity contribution < 1.29 is 17.7 Å². The van der Waals surface area contributed by atoms with Crippen LogP contribution in [-0.2, 0) is 14.8 Å². The molecule has 0 aliphatic carbocycles. The number of amides is 1. The van der Waals surface area contributed by atoms with Gasteiger partial charge in [-0.3, -0.25) is 9.69 Å². The van der Waals surface area contributed by atoms with E-state index < -0.39 is 16.1 Å². The zero-order valence-corrected chi connectivity index (χ0v) is 17.4. The van der Waals surface area contributed by atoms with Gasteiger partial charge in [0.2, 0.25) is 15.9 Å². The molecule has 0 radical (unpaired) electrons. The van der Waals surface area contributed by atoms with Crippen LogP contribution in [0.15, 0.2) is 33.7 Å². The zero-order chi connectivity index (χ0) is 21.2. The number of nitriles is 1. The van der Waals surface area contributed by atoms with Crippen molar-refractivity contribution in [1.82, 2.24) is 14.4 Å². The van der Waals surface area contributed by atoms with E-state index in [0.717, 1.165) is 0 Å². The Kier molecular flexibility index (Phi) is 6.02. The molecular formula is C19H23N5O4S. The van der Waals surface area contributed by atoms with Crippen LogP contribution >= 0.6 is 0 Å². The van der Waals surface area contributed by atoms with Crippen LogP contribution in [0.4, 0.5) is 5.69 Å². The third-order valence-electron chi connectivity index (χ3n) is 5.05. The van der Waals surface area contributed by atoms with Gasteiger partial charge in [0.15, 0.2) is 5.76 Å². The minimum atomic E-state index is -3.68. The third-order valence-corrected chi connectivity index (χ3v) is 7.19. The van der Waals surface area contributed by atoms with Crippen molar-refractivity contribution in [2.24, 2.45) is 0 Å². The van der Waals surface area contributed by atoms with Gasteiger partial charge in [0.25, 0.3) is 0 Å². The van der Waals surface area contributed by atoms with Gasteiger partial charge in [0.1, 0.15) is 10.6 Å². The SMILES string of the molecule is Cc1noc(C)c1S(=O)(=O)N1CCN([C@@H](C)C(=O)Nc2ccc(C#N)cc2)CC1. The fourth-order valence-electron chi connectivity index (χ4n) is 3.34. The van der Waals surface area contributed by atoms with Crippen molar-refractivity contribution in [3.05, 3.63) is 41.3 Å². The first-order valence-corrected chi connectivity index (χ1v) is 10.7. The molecule has 154 valence electrons. The van der Waals surface area contributed by atoms with Gasteiger partial charge in [0, 0.05) is 31.9 Å². The number of rotatable bonds is 5. The molecule has 10 heteroatoms. The minimum Gasteiger partial charge on any atom is -0.360 e. The molecule has 29 heavy (non-hydrogen) atoms. The first kappa shape index (κ1) is 21.0. The van der Waals surface area contributed by atoms with E-state index >= 15 is 0 Å². The first-order valence-electron chi connectivity index (χ1n) is 9.22. The number of sulfonamides is 1. The predicted octanol–water partition coefficient (Wildman–Crippen LogP) is 1.50. The second kappa shape index (κ2) is 8.32. The maximum atomic E-state index is 12.9. The summed E-state index contributed by atoms with van der Waals surface area (Å²) < 4.78 is 32.2. The zero-order valence-electron chi connectivity index (χ0n) is 16.5. The lowest BCUT2D eigenvalue weighted by molar-refractivity contribution is -0.121. The van der Waals surface area contributed by atoms with Gasteiger partial charge in [-0.25, -0.2) is 8.42 Å². The second-order valence-electron chi connectivity index (χ2n) is 6.95. The molecule has 0 bridgehead atoms. The molecule has 1 aliphatic rings. The van der Waals surface area contributed by atoms with E-state index in [0.29, 0.717) is 30.0 Å². The van der Waals surface area contributed by atoms with E-state index in [9.17, 15) is 13.2 Å². The lowest BCUT2D eigenvalue weighted by Gasteiger charge is -2.36. The van der Waals surface area contributed by atoms with E-state index in [1.807, 2.05) is 11.0 Å². The normalized spacial score (nSPS) is 16.9. The number of carbonyl (C=O) groups is 1. The molecule has 1 saturated heterocycles. The average molecular weight is 417 g/mol. The van der Waals surface area contributed by atoms with Crippen LogP contribution in [0.3, 0.4) is 0 Å². The van der Waals surface area contributed by atoms with Crippen molar-refractivity contribution in [3.8, 4) is 6.07 Å². The van der Waals surface area contributed by atoms with Crippen molar-refractivity contribution in [2.75, 3.05) is 31.5 Å². The molecule has 0 unspecified atom stereocenters. The molecule has 1 amide bonds. The summed E-state index contributed by atoms with van der Waals surface area (Å²) in [6, 6.07) is 8.24. The smallest absolute Gasteiger partial charge is 0.248 e. The van der Waals surface area contributed by atoms with Gasteiger partial charge in [0.05, 0.1) is 17.7 Å². The van der Waals surface area contributed by atoms with Crippen LogP contribution < -0.4 is 5.32 Å². The predicted molar refractivity (Wildman–Crippen MR) is 106 cm³/mol. The molecule has 2 aromatic rings. The fourth-order valence-corrected chi connectivity index (χ4v) is 5.06. The third kappa shape index (κ3) is 4.32. The maximum Gasteiger partial charge on any atom is 0.248 e. The molecule has 1 aliphatic heterocycles. The van der Waals surface area contributed by atoms with Gasteiger partial charge < -0.3 is 9.84 Å². The van der Waals surface area contributed by atoms with Gasteiger partial charge >= 0.3 is 0 Å². The number of nitrogens with one attached hydrogen (secondary N) is 1. The number of hydrogen-bond acceptors (Lipinski definition) is 7. The summed E-state index contributed by atoms with van der Waals surface area (Å²) in [5, 5.41) is 15.4. The van der Waals surface area contributed by atoms with Crippen molar-refractivity contribution in [1.29, 1.82) is 5.26 Å². The van der Waals surface area contributed by atoms with Crippen molar-refractivity contribution in [2.45, 2.75) is 31.7 Å². The highest BCUT2D eigenvalue weighted by atomic mass is 32.2. The van der Waals surface area contributed by atoms with E-state index in [2.05, 4.69) is 10.5 Å². The highest BCUT2D eigenvalue weighted by Crippen LogP contribution is 2.24. The lowest BCUT2D eigenvalue weighted by Crippen LogP contribution is -2.54. The Bertz CT molecular complexity index is 1010. The standard InChI is InChI=1S/C19H23N5O4S/c1-13-18(15(3)28-22-13)29(26,27)24-10-8-23(9-11-24)14(2)19(25)21-17-6-4-16(12-20)5-7-17/h4-7,14H,8-11H2,1-3H3,(H,21,25)/t14-/m0/s1. The van der Waals surface area contributed by atoms with Crippen LogP contribution in [0.2, 0.25) is 0 Å².